The van der Waals surface area contributed by atoms with Gasteiger partial charge in [0, 0.05) is 0 Å². The molecule has 418 valence electrons. The average molecular weight is 1000 g/mol. The van der Waals surface area contributed by atoms with Crippen LogP contribution in [0.1, 0.15) is 297 Å². The van der Waals surface area contributed by atoms with E-state index in [-0.39, 0.29) is 84.9 Å². The van der Waals surface area contributed by atoms with Gasteiger partial charge in [0.05, 0.1) is 27.1 Å². The molecule has 0 bridgehead atoms. The standard InChI is InChI=1S/C14H26O2.C13H26O2.C12H24O2.C11H22O2.C10H20O2/c1-6-13(2,3)12(15)16-14(4,5)11-9-7-8-10-11;1-7-12(5,6)11(14)15-13(8-2,9-3)10-4;1-7-9-12(5,6)14-10(13)11(3,4)8-2;1-7-10(3,4)9(12)13-11(5,6)8-2;1-7-10(5,6)8(11)12-9(2,3)4/h11H,6-10H2,1-5H3;7-10H2,1-6H3;7-9H2,1-6H3;7-8H2,1-6H3;7H2,1-6H3. The molecule has 0 spiro atoms. The summed E-state index contributed by atoms with van der Waals surface area (Å²) >= 11 is 0. The van der Waals surface area contributed by atoms with Gasteiger partial charge in [0.1, 0.15) is 28.0 Å². The summed E-state index contributed by atoms with van der Waals surface area (Å²) in [6, 6.07) is 0. The fourth-order valence-electron chi connectivity index (χ4n) is 6.02. The summed E-state index contributed by atoms with van der Waals surface area (Å²) in [6.45, 7) is 57.3. The van der Waals surface area contributed by atoms with Crippen molar-refractivity contribution in [2.24, 2.45) is 33.0 Å². The van der Waals surface area contributed by atoms with Crippen LogP contribution >= 0.6 is 0 Å². The van der Waals surface area contributed by atoms with Gasteiger partial charge in [-0.25, -0.2) is 0 Å². The first kappa shape index (κ1) is 73.9. The van der Waals surface area contributed by atoms with Gasteiger partial charge in [-0.2, -0.15) is 0 Å². The predicted octanol–water partition coefficient (Wildman–Crippen LogP) is 17.3. The maximum Gasteiger partial charge on any atom is 0.312 e. The molecule has 10 heteroatoms. The van der Waals surface area contributed by atoms with Gasteiger partial charge in [0.2, 0.25) is 0 Å². The highest BCUT2D eigenvalue weighted by Crippen LogP contribution is 2.38. The van der Waals surface area contributed by atoms with E-state index >= 15 is 0 Å². The smallest absolute Gasteiger partial charge is 0.312 e. The van der Waals surface area contributed by atoms with Crippen LogP contribution in [0.15, 0.2) is 0 Å². The first-order chi connectivity index (χ1) is 31.4. The van der Waals surface area contributed by atoms with Crippen molar-refractivity contribution in [1.82, 2.24) is 0 Å². The van der Waals surface area contributed by atoms with Gasteiger partial charge in [0.15, 0.2) is 0 Å². The van der Waals surface area contributed by atoms with E-state index in [4.69, 9.17) is 23.7 Å². The summed E-state index contributed by atoms with van der Waals surface area (Å²) in [5, 5.41) is 0. The zero-order chi connectivity index (χ0) is 56.6. The highest BCUT2D eigenvalue weighted by molar-refractivity contribution is 5.78. The maximum atomic E-state index is 12.0. The van der Waals surface area contributed by atoms with E-state index < -0.39 is 0 Å². The second-order valence-electron chi connectivity index (χ2n) is 25.7. The molecule has 0 radical (unpaired) electrons. The predicted molar refractivity (Wildman–Crippen MR) is 294 cm³/mol. The average Bonchev–Trinajstić information content (AvgIpc) is 3.82. The van der Waals surface area contributed by atoms with Crippen molar-refractivity contribution in [2.75, 3.05) is 0 Å². The number of hydrogen-bond acceptors (Lipinski definition) is 10. The van der Waals surface area contributed by atoms with Crippen molar-refractivity contribution >= 4 is 29.8 Å². The molecular weight excluding hydrogens is 881 g/mol. The monoisotopic (exact) mass is 999 g/mol. The Bertz CT molecular complexity index is 1500. The van der Waals surface area contributed by atoms with E-state index in [0.29, 0.717) is 5.92 Å². The van der Waals surface area contributed by atoms with Crippen molar-refractivity contribution in [1.29, 1.82) is 0 Å². The van der Waals surface area contributed by atoms with Gasteiger partial charge < -0.3 is 23.7 Å². The molecule has 0 atom stereocenters. The normalized spacial score (nSPS) is 14.1. The van der Waals surface area contributed by atoms with Crippen LogP contribution in [0.2, 0.25) is 0 Å². The summed E-state index contributed by atoms with van der Waals surface area (Å²) in [5.41, 5.74) is -3.33. The molecule has 0 aromatic rings. The molecule has 0 aliphatic heterocycles. The van der Waals surface area contributed by atoms with Crippen LogP contribution < -0.4 is 0 Å². The lowest BCUT2D eigenvalue weighted by Crippen LogP contribution is -2.39. The van der Waals surface area contributed by atoms with Crippen LogP contribution in [0.4, 0.5) is 0 Å². The Kier molecular flexibility index (Phi) is 32.9. The van der Waals surface area contributed by atoms with Gasteiger partial charge in [-0.05, 0) is 215 Å². The zero-order valence-corrected chi connectivity index (χ0v) is 51.8. The molecule has 1 aliphatic carbocycles. The quantitative estimate of drug-likeness (QED) is 0.0809. The molecule has 0 unspecified atom stereocenters. The number of rotatable bonds is 21. The lowest BCUT2D eigenvalue weighted by Gasteiger charge is -2.34. The Morgan fingerprint density at radius 1 is 0.343 bits per heavy atom. The lowest BCUT2D eigenvalue weighted by atomic mass is 9.87. The van der Waals surface area contributed by atoms with Gasteiger partial charge in [-0.1, -0.05) is 88.5 Å². The van der Waals surface area contributed by atoms with Crippen LogP contribution in [-0.4, -0.2) is 57.9 Å². The summed E-state index contributed by atoms with van der Waals surface area (Å²) in [4.78, 5) is 58.9. The second kappa shape index (κ2) is 31.2. The van der Waals surface area contributed by atoms with E-state index in [9.17, 15) is 24.0 Å². The van der Waals surface area contributed by atoms with Crippen LogP contribution in [0.25, 0.3) is 0 Å². The highest BCUT2D eigenvalue weighted by atomic mass is 16.6. The van der Waals surface area contributed by atoms with Crippen LogP contribution in [0.3, 0.4) is 0 Å². The molecule has 0 N–H and O–H groups in total. The molecule has 0 heterocycles. The summed E-state index contributed by atoms with van der Waals surface area (Å²) < 4.78 is 27.6. The van der Waals surface area contributed by atoms with Crippen LogP contribution in [0, 0.1) is 33.0 Å². The third kappa shape index (κ3) is 29.2. The Balaban J connectivity index is -0.000000390. The Hall–Kier alpha value is -2.65. The van der Waals surface area contributed by atoms with Crippen LogP contribution in [-0.2, 0) is 47.7 Å². The second-order valence-corrected chi connectivity index (χ2v) is 25.7. The molecule has 1 fully saturated rings. The summed E-state index contributed by atoms with van der Waals surface area (Å²) in [6.07, 6.45) is 14.5. The Morgan fingerprint density at radius 2 is 0.614 bits per heavy atom. The largest absolute Gasteiger partial charge is 0.460 e. The minimum Gasteiger partial charge on any atom is -0.460 e. The molecule has 0 aromatic heterocycles. The van der Waals surface area contributed by atoms with Crippen molar-refractivity contribution in [2.45, 2.75) is 325 Å². The molecule has 10 nitrogen and oxygen atoms in total. The molecule has 0 aromatic carbocycles. The van der Waals surface area contributed by atoms with Gasteiger partial charge in [-0.15, -0.1) is 0 Å². The minimum atomic E-state index is -0.372. The SMILES string of the molecule is CCC(C)(C)C(=O)OC(C)(C)C.CCC(C)(C)C(=O)OC(C)(C)C1CCCC1.CCC(C)(C)OC(=O)C(C)(C)CC.CCC(CC)(CC)OC(=O)C(C)(C)CC.CCCC(C)(C)OC(=O)C(C)(C)CC. The number of ether oxygens (including phenoxy) is 5. The van der Waals surface area contributed by atoms with Crippen LogP contribution in [0.5, 0.6) is 0 Å². The fraction of sp³-hybridized carbons (Fsp3) is 0.917. The maximum absolute atomic E-state index is 12.0. The van der Waals surface area contributed by atoms with E-state index in [2.05, 4.69) is 41.5 Å². The van der Waals surface area contributed by atoms with E-state index in [0.717, 1.165) is 70.6 Å². The Labute approximate surface area is 434 Å². The summed E-state index contributed by atoms with van der Waals surface area (Å²) in [7, 11) is 0. The van der Waals surface area contributed by atoms with Gasteiger partial charge in [0.25, 0.3) is 0 Å². The first-order valence-corrected chi connectivity index (χ1v) is 27.5. The summed E-state index contributed by atoms with van der Waals surface area (Å²) in [5.74, 6) is 0.143. The number of carbonyl (C=O) groups is 5. The third-order valence-corrected chi connectivity index (χ3v) is 15.0. The number of hydrogen-bond donors (Lipinski definition) is 0. The number of esters is 5. The van der Waals surface area contributed by atoms with Crippen molar-refractivity contribution in [3.63, 3.8) is 0 Å². The molecule has 70 heavy (non-hydrogen) atoms. The number of carbonyl (C=O) groups excluding carboxylic acids is 5. The van der Waals surface area contributed by atoms with Gasteiger partial charge >= 0.3 is 29.8 Å². The van der Waals surface area contributed by atoms with E-state index in [1.807, 2.05) is 159 Å². The molecular formula is C60H118O10. The van der Waals surface area contributed by atoms with Crippen molar-refractivity contribution < 1.29 is 47.7 Å². The molecule has 1 saturated carbocycles. The van der Waals surface area contributed by atoms with Crippen molar-refractivity contribution in [3.05, 3.63) is 0 Å². The van der Waals surface area contributed by atoms with Crippen molar-refractivity contribution in [3.8, 4) is 0 Å². The Morgan fingerprint density at radius 3 is 0.871 bits per heavy atom. The highest BCUT2D eigenvalue weighted by Gasteiger charge is 2.40. The first-order valence-electron chi connectivity index (χ1n) is 27.5. The zero-order valence-electron chi connectivity index (χ0n) is 51.8. The molecule has 0 amide bonds. The third-order valence-electron chi connectivity index (χ3n) is 15.0. The molecule has 1 aliphatic rings. The molecule has 0 saturated heterocycles. The van der Waals surface area contributed by atoms with Gasteiger partial charge in [-0.3, -0.25) is 24.0 Å². The molecule has 1 rings (SSSR count). The minimum absolute atomic E-state index is 0.0492. The lowest BCUT2D eigenvalue weighted by molar-refractivity contribution is -0.173. The fourth-order valence-corrected chi connectivity index (χ4v) is 6.02. The van der Waals surface area contributed by atoms with E-state index in [1.54, 1.807) is 0 Å². The van der Waals surface area contributed by atoms with E-state index in [1.165, 1.54) is 25.7 Å². The topological polar surface area (TPSA) is 132 Å².